The number of aliphatic hydroxyl groups excluding tert-OH is 2. The van der Waals surface area contributed by atoms with Crippen molar-refractivity contribution in [1.82, 2.24) is 0 Å². The Morgan fingerprint density at radius 2 is 1.77 bits per heavy atom. The zero-order chi connectivity index (χ0) is 9.84. The van der Waals surface area contributed by atoms with E-state index in [1.807, 2.05) is 0 Å². The second-order valence-corrected chi connectivity index (χ2v) is 2.91. The molecule has 3 heteroatoms. The Kier molecular flexibility index (Phi) is 3.17. The molecule has 1 rings (SSSR count). The van der Waals surface area contributed by atoms with Gasteiger partial charge >= 0.3 is 0 Å². The van der Waals surface area contributed by atoms with Gasteiger partial charge in [-0.15, -0.1) is 0 Å². The molecule has 2 N–H and O–H groups in total. The van der Waals surface area contributed by atoms with Crippen molar-refractivity contribution in [1.29, 1.82) is 0 Å². The van der Waals surface area contributed by atoms with Gasteiger partial charge in [-0.2, -0.15) is 0 Å². The van der Waals surface area contributed by atoms with Gasteiger partial charge in [0, 0.05) is 5.56 Å². The zero-order valence-electron chi connectivity index (χ0n) is 7.45. The lowest BCUT2D eigenvalue weighted by atomic mass is 10.0. The Bertz CT molecular complexity index is 318. The largest absolute Gasteiger partial charge is 0.392 e. The van der Waals surface area contributed by atoms with Gasteiger partial charge in [-0.25, -0.2) is 0 Å². The second kappa shape index (κ2) is 4.16. The highest BCUT2D eigenvalue weighted by Gasteiger charge is 2.05. The quantitative estimate of drug-likeness (QED) is 0.676. The van der Waals surface area contributed by atoms with Crippen molar-refractivity contribution in [3.05, 3.63) is 34.4 Å². The third kappa shape index (κ3) is 1.94. The fraction of sp³-hybridized carbons (Fsp3) is 0.300. The van der Waals surface area contributed by atoms with Crippen molar-refractivity contribution in [2.24, 2.45) is 0 Å². The first-order valence-electron chi connectivity index (χ1n) is 4.02. The standard InChI is InChI=1S/C10H12O3/c1-7-2-9(5-12)10(6-13)3-8(7)4-11/h2-4,12-13H,5-6H2,1H3. The van der Waals surface area contributed by atoms with Crippen LogP contribution in [0.2, 0.25) is 0 Å². The number of aryl methyl sites for hydroxylation is 1. The van der Waals surface area contributed by atoms with E-state index < -0.39 is 0 Å². The number of benzene rings is 1. The van der Waals surface area contributed by atoms with Crippen LogP contribution < -0.4 is 0 Å². The van der Waals surface area contributed by atoms with Crippen molar-refractivity contribution < 1.29 is 15.0 Å². The first-order valence-corrected chi connectivity index (χ1v) is 4.02. The van der Waals surface area contributed by atoms with Crippen LogP contribution in [0.5, 0.6) is 0 Å². The van der Waals surface area contributed by atoms with Crippen molar-refractivity contribution in [3.8, 4) is 0 Å². The summed E-state index contributed by atoms with van der Waals surface area (Å²) in [6, 6.07) is 3.32. The van der Waals surface area contributed by atoms with E-state index in [1.54, 1.807) is 19.1 Å². The molecule has 0 saturated heterocycles. The first kappa shape index (κ1) is 9.89. The molecule has 13 heavy (non-hydrogen) atoms. The van der Waals surface area contributed by atoms with Crippen LogP contribution in [0.1, 0.15) is 27.0 Å². The first-order chi connectivity index (χ1) is 6.22. The molecule has 0 heterocycles. The summed E-state index contributed by atoms with van der Waals surface area (Å²) in [4.78, 5) is 10.6. The molecule has 70 valence electrons. The minimum absolute atomic E-state index is 0.115. The van der Waals surface area contributed by atoms with Crippen molar-refractivity contribution in [2.75, 3.05) is 0 Å². The second-order valence-electron chi connectivity index (χ2n) is 2.91. The van der Waals surface area contributed by atoms with Gasteiger partial charge in [-0.05, 0) is 29.7 Å². The van der Waals surface area contributed by atoms with E-state index in [9.17, 15) is 4.79 Å². The van der Waals surface area contributed by atoms with Crippen LogP contribution >= 0.6 is 0 Å². The van der Waals surface area contributed by atoms with Crippen molar-refractivity contribution >= 4 is 6.29 Å². The molecule has 0 radical (unpaired) electrons. The molecule has 0 saturated carbocycles. The molecule has 0 fully saturated rings. The summed E-state index contributed by atoms with van der Waals surface area (Å²) in [6.07, 6.45) is 0.746. The highest BCUT2D eigenvalue weighted by Crippen LogP contribution is 2.15. The van der Waals surface area contributed by atoms with Crippen LogP contribution in [0.4, 0.5) is 0 Å². The summed E-state index contributed by atoms with van der Waals surface area (Å²) in [5.74, 6) is 0. The van der Waals surface area contributed by atoms with E-state index in [4.69, 9.17) is 10.2 Å². The molecule has 0 spiro atoms. The average molecular weight is 180 g/mol. The highest BCUT2D eigenvalue weighted by molar-refractivity contribution is 5.77. The molecule has 0 bridgehead atoms. The van der Waals surface area contributed by atoms with E-state index in [-0.39, 0.29) is 13.2 Å². The molecular formula is C10H12O3. The lowest BCUT2D eigenvalue weighted by Gasteiger charge is -2.07. The molecule has 0 amide bonds. The Morgan fingerprint density at radius 1 is 1.23 bits per heavy atom. The van der Waals surface area contributed by atoms with Crippen LogP contribution in [-0.2, 0) is 13.2 Å². The third-order valence-electron chi connectivity index (χ3n) is 2.06. The number of aldehydes is 1. The predicted octanol–water partition coefficient (Wildman–Crippen LogP) is 0.792. The maximum Gasteiger partial charge on any atom is 0.150 e. The lowest BCUT2D eigenvalue weighted by Crippen LogP contribution is -1.98. The number of carbonyl (C=O) groups is 1. The van der Waals surface area contributed by atoms with E-state index in [2.05, 4.69) is 0 Å². The maximum absolute atomic E-state index is 10.6. The number of aliphatic hydroxyl groups is 2. The monoisotopic (exact) mass is 180 g/mol. The van der Waals surface area contributed by atoms with Gasteiger partial charge in [0.15, 0.2) is 0 Å². The maximum atomic E-state index is 10.6. The zero-order valence-corrected chi connectivity index (χ0v) is 7.45. The van der Waals surface area contributed by atoms with Gasteiger partial charge in [0.1, 0.15) is 6.29 Å². The number of carbonyl (C=O) groups excluding carboxylic acids is 1. The smallest absolute Gasteiger partial charge is 0.150 e. The molecule has 1 aromatic rings. The van der Waals surface area contributed by atoms with Gasteiger partial charge < -0.3 is 10.2 Å². The molecule has 1 aromatic carbocycles. The minimum atomic E-state index is -0.156. The fourth-order valence-electron chi connectivity index (χ4n) is 1.25. The lowest BCUT2D eigenvalue weighted by molar-refractivity contribution is 0.112. The topological polar surface area (TPSA) is 57.5 Å². The van der Waals surface area contributed by atoms with Gasteiger partial charge in [0.2, 0.25) is 0 Å². The Hall–Kier alpha value is -1.19. The normalized spacial score (nSPS) is 10.1. The summed E-state index contributed by atoms with van der Waals surface area (Å²) < 4.78 is 0. The van der Waals surface area contributed by atoms with E-state index in [0.717, 1.165) is 11.8 Å². The van der Waals surface area contributed by atoms with Gasteiger partial charge in [0.05, 0.1) is 13.2 Å². The molecule has 0 unspecified atom stereocenters. The summed E-state index contributed by atoms with van der Waals surface area (Å²) in [7, 11) is 0. The van der Waals surface area contributed by atoms with E-state index >= 15 is 0 Å². The van der Waals surface area contributed by atoms with Crippen LogP contribution in [0.3, 0.4) is 0 Å². The number of hydrogen-bond donors (Lipinski definition) is 2. The molecular weight excluding hydrogens is 168 g/mol. The third-order valence-corrected chi connectivity index (χ3v) is 2.06. The van der Waals surface area contributed by atoms with Gasteiger partial charge in [0.25, 0.3) is 0 Å². The minimum Gasteiger partial charge on any atom is -0.392 e. The van der Waals surface area contributed by atoms with Crippen molar-refractivity contribution in [3.63, 3.8) is 0 Å². The van der Waals surface area contributed by atoms with Crippen LogP contribution in [0.15, 0.2) is 12.1 Å². The number of rotatable bonds is 3. The molecule has 0 aliphatic rings. The Morgan fingerprint density at radius 3 is 2.23 bits per heavy atom. The molecule has 0 atom stereocenters. The van der Waals surface area contributed by atoms with E-state index in [0.29, 0.717) is 16.7 Å². The highest BCUT2D eigenvalue weighted by atomic mass is 16.3. The van der Waals surface area contributed by atoms with Crippen molar-refractivity contribution in [2.45, 2.75) is 20.1 Å². The predicted molar refractivity (Wildman–Crippen MR) is 48.4 cm³/mol. The average Bonchev–Trinajstić information content (AvgIpc) is 2.17. The van der Waals surface area contributed by atoms with Crippen LogP contribution in [-0.4, -0.2) is 16.5 Å². The SMILES string of the molecule is Cc1cc(CO)c(CO)cc1C=O. The summed E-state index contributed by atoms with van der Waals surface area (Å²) in [6.45, 7) is 1.52. The molecule has 0 aliphatic heterocycles. The van der Waals surface area contributed by atoms with E-state index in [1.165, 1.54) is 0 Å². The summed E-state index contributed by atoms with van der Waals surface area (Å²) in [5, 5.41) is 17.9. The Balaban J connectivity index is 3.26. The fourth-order valence-corrected chi connectivity index (χ4v) is 1.25. The van der Waals surface area contributed by atoms with Crippen LogP contribution in [0, 0.1) is 6.92 Å². The summed E-state index contributed by atoms with van der Waals surface area (Å²) in [5.41, 5.74) is 2.65. The van der Waals surface area contributed by atoms with Crippen LogP contribution in [0.25, 0.3) is 0 Å². The molecule has 0 aromatic heterocycles. The molecule has 0 aliphatic carbocycles. The van der Waals surface area contributed by atoms with Gasteiger partial charge in [-0.3, -0.25) is 4.79 Å². The summed E-state index contributed by atoms with van der Waals surface area (Å²) >= 11 is 0. The Labute approximate surface area is 76.6 Å². The number of hydrogen-bond acceptors (Lipinski definition) is 3. The molecule has 3 nitrogen and oxygen atoms in total. The van der Waals surface area contributed by atoms with Gasteiger partial charge in [-0.1, -0.05) is 6.07 Å².